The number of esters is 1. The van der Waals surface area contributed by atoms with Crippen molar-refractivity contribution in [2.45, 2.75) is 32.6 Å². The topological polar surface area (TPSA) is 55.4 Å². The molecule has 0 saturated heterocycles. The van der Waals surface area contributed by atoms with Gasteiger partial charge in [0.05, 0.1) is 6.61 Å². The molecular weight excluding hydrogens is 194 g/mol. The summed E-state index contributed by atoms with van der Waals surface area (Å²) in [5.41, 5.74) is 0. The number of hydrogen-bond donors (Lipinski definition) is 1. The van der Waals surface area contributed by atoms with Gasteiger partial charge in [-0.25, -0.2) is 4.79 Å². The Kier molecular flexibility index (Phi) is 8.43. The summed E-state index contributed by atoms with van der Waals surface area (Å²) in [7, 11) is 1.50. The van der Waals surface area contributed by atoms with Crippen molar-refractivity contribution in [1.29, 1.82) is 0 Å². The van der Waals surface area contributed by atoms with Crippen molar-refractivity contribution in [3.63, 3.8) is 0 Å². The molecule has 0 aromatic heterocycles. The summed E-state index contributed by atoms with van der Waals surface area (Å²) in [6, 6.07) is 0. The number of ether oxygens (including phenoxy) is 1. The SMILES string of the molecule is CCCCCCOC(=O)/C=C\C(=O)NC. The second-order valence-corrected chi connectivity index (χ2v) is 3.18. The lowest BCUT2D eigenvalue weighted by Crippen LogP contribution is -2.15. The fourth-order valence-corrected chi connectivity index (χ4v) is 0.977. The molecule has 0 bridgehead atoms. The van der Waals surface area contributed by atoms with Crippen LogP contribution in [0.15, 0.2) is 12.2 Å². The van der Waals surface area contributed by atoms with E-state index >= 15 is 0 Å². The molecule has 0 aliphatic heterocycles. The van der Waals surface area contributed by atoms with E-state index in [2.05, 4.69) is 12.2 Å². The molecule has 0 aromatic carbocycles. The molecule has 0 rings (SSSR count). The molecule has 0 saturated carbocycles. The first-order valence-corrected chi connectivity index (χ1v) is 5.27. The van der Waals surface area contributed by atoms with Gasteiger partial charge in [0.1, 0.15) is 0 Å². The zero-order valence-electron chi connectivity index (χ0n) is 9.41. The maximum absolute atomic E-state index is 11.0. The highest BCUT2D eigenvalue weighted by molar-refractivity contribution is 5.94. The Morgan fingerprint density at radius 3 is 2.53 bits per heavy atom. The van der Waals surface area contributed by atoms with Crippen molar-refractivity contribution in [1.82, 2.24) is 5.32 Å². The average Bonchev–Trinajstić information content (AvgIpc) is 2.25. The van der Waals surface area contributed by atoms with E-state index in [0.29, 0.717) is 6.61 Å². The standard InChI is InChI=1S/C11H19NO3/c1-3-4-5-6-9-15-11(14)8-7-10(13)12-2/h7-8H,3-6,9H2,1-2H3,(H,12,13)/b8-7-. The lowest BCUT2D eigenvalue weighted by molar-refractivity contribution is -0.138. The molecule has 1 amide bonds. The summed E-state index contributed by atoms with van der Waals surface area (Å²) in [6.45, 7) is 2.55. The predicted octanol–water partition coefficient (Wildman–Crippen LogP) is 1.41. The van der Waals surface area contributed by atoms with Gasteiger partial charge >= 0.3 is 5.97 Å². The monoisotopic (exact) mass is 213 g/mol. The number of rotatable bonds is 7. The van der Waals surface area contributed by atoms with Gasteiger partial charge in [0.25, 0.3) is 0 Å². The van der Waals surface area contributed by atoms with Gasteiger partial charge in [-0.15, -0.1) is 0 Å². The van der Waals surface area contributed by atoms with Gasteiger partial charge in [0.15, 0.2) is 0 Å². The maximum Gasteiger partial charge on any atom is 0.330 e. The number of amides is 1. The van der Waals surface area contributed by atoms with Crippen LogP contribution in [-0.4, -0.2) is 25.5 Å². The number of hydrogen-bond acceptors (Lipinski definition) is 3. The fraction of sp³-hybridized carbons (Fsp3) is 0.636. The molecule has 15 heavy (non-hydrogen) atoms. The van der Waals surface area contributed by atoms with E-state index < -0.39 is 5.97 Å². The molecule has 0 atom stereocenters. The number of nitrogens with one attached hydrogen (secondary N) is 1. The molecule has 4 heteroatoms. The van der Waals surface area contributed by atoms with Crippen LogP contribution in [0, 0.1) is 0 Å². The van der Waals surface area contributed by atoms with Crippen LogP contribution in [0.2, 0.25) is 0 Å². The average molecular weight is 213 g/mol. The van der Waals surface area contributed by atoms with Crippen LogP contribution < -0.4 is 5.32 Å². The van der Waals surface area contributed by atoms with Gasteiger partial charge in [-0.3, -0.25) is 4.79 Å². The largest absolute Gasteiger partial charge is 0.463 e. The molecule has 0 spiro atoms. The van der Waals surface area contributed by atoms with Crippen molar-refractivity contribution < 1.29 is 14.3 Å². The molecular formula is C11H19NO3. The predicted molar refractivity (Wildman–Crippen MR) is 58.3 cm³/mol. The Balaban J connectivity index is 3.49. The van der Waals surface area contributed by atoms with Crippen molar-refractivity contribution in [3.05, 3.63) is 12.2 Å². The molecule has 1 N–H and O–H groups in total. The molecule has 86 valence electrons. The minimum Gasteiger partial charge on any atom is -0.463 e. The minimum absolute atomic E-state index is 0.307. The van der Waals surface area contributed by atoms with Gasteiger partial charge < -0.3 is 10.1 Å². The summed E-state index contributed by atoms with van der Waals surface area (Å²) in [4.78, 5) is 21.7. The molecule has 0 aromatic rings. The van der Waals surface area contributed by atoms with E-state index in [0.717, 1.165) is 37.8 Å². The highest BCUT2D eigenvalue weighted by Crippen LogP contribution is 1.99. The Morgan fingerprint density at radius 1 is 1.20 bits per heavy atom. The molecule has 0 unspecified atom stereocenters. The molecule has 0 heterocycles. The minimum atomic E-state index is -0.463. The lowest BCUT2D eigenvalue weighted by atomic mass is 10.2. The molecule has 4 nitrogen and oxygen atoms in total. The Bertz CT molecular complexity index is 224. The third-order valence-electron chi connectivity index (χ3n) is 1.86. The quantitative estimate of drug-likeness (QED) is 0.395. The van der Waals surface area contributed by atoms with E-state index in [9.17, 15) is 9.59 Å². The van der Waals surface area contributed by atoms with E-state index in [-0.39, 0.29) is 5.91 Å². The lowest BCUT2D eigenvalue weighted by Gasteiger charge is -2.00. The molecule has 0 aliphatic rings. The van der Waals surface area contributed by atoms with Gasteiger partial charge in [-0.1, -0.05) is 26.2 Å². The smallest absolute Gasteiger partial charge is 0.330 e. The first-order chi connectivity index (χ1) is 7.20. The molecule has 0 fully saturated rings. The summed E-state index contributed by atoms with van der Waals surface area (Å²) in [5.74, 6) is -0.770. The van der Waals surface area contributed by atoms with Crippen LogP contribution in [-0.2, 0) is 14.3 Å². The Hall–Kier alpha value is -1.32. The highest BCUT2D eigenvalue weighted by atomic mass is 16.5. The van der Waals surface area contributed by atoms with Crippen LogP contribution in [0.25, 0.3) is 0 Å². The summed E-state index contributed by atoms with van der Waals surface area (Å²) in [6.07, 6.45) is 6.57. The second-order valence-electron chi connectivity index (χ2n) is 3.18. The molecule has 0 radical (unpaired) electrons. The van der Waals surface area contributed by atoms with Crippen molar-refractivity contribution in [2.24, 2.45) is 0 Å². The van der Waals surface area contributed by atoms with Gasteiger partial charge in [-0.2, -0.15) is 0 Å². The van der Waals surface area contributed by atoms with Gasteiger partial charge in [-0.05, 0) is 6.42 Å². The van der Waals surface area contributed by atoms with Crippen LogP contribution >= 0.6 is 0 Å². The first kappa shape index (κ1) is 13.7. The second kappa shape index (κ2) is 9.24. The number of unbranched alkanes of at least 4 members (excludes halogenated alkanes) is 3. The Morgan fingerprint density at radius 2 is 1.93 bits per heavy atom. The highest BCUT2D eigenvalue weighted by Gasteiger charge is 1.97. The maximum atomic E-state index is 11.0. The summed E-state index contributed by atoms with van der Waals surface area (Å²) >= 11 is 0. The first-order valence-electron chi connectivity index (χ1n) is 5.27. The third kappa shape index (κ3) is 9.00. The van der Waals surface area contributed by atoms with E-state index in [1.54, 1.807) is 0 Å². The van der Waals surface area contributed by atoms with Crippen LogP contribution in [0.3, 0.4) is 0 Å². The van der Waals surface area contributed by atoms with E-state index in [1.807, 2.05) is 0 Å². The number of carbonyl (C=O) groups excluding carboxylic acids is 2. The van der Waals surface area contributed by atoms with Crippen LogP contribution in [0.4, 0.5) is 0 Å². The number of carbonyl (C=O) groups is 2. The fourth-order valence-electron chi connectivity index (χ4n) is 0.977. The zero-order chi connectivity index (χ0) is 11.5. The van der Waals surface area contributed by atoms with E-state index in [4.69, 9.17) is 4.74 Å². The van der Waals surface area contributed by atoms with Gasteiger partial charge in [0, 0.05) is 19.2 Å². The van der Waals surface area contributed by atoms with Crippen LogP contribution in [0.1, 0.15) is 32.6 Å². The third-order valence-corrected chi connectivity index (χ3v) is 1.86. The Labute approximate surface area is 90.7 Å². The molecule has 0 aliphatic carbocycles. The summed E-state index contributed by atoms with van der Waals surface area (Å²) in [5, 5.41) is 2.37. The summed E-state index contributed by atoms with van der Waals surface area (Å²) < 4.78 is 4.88. The normalized spacial score (nSPS) is 10.3. The van der Waals surface area contributed by atoms with Crippen molar-refractivity contribution >= 4 is 11.9 Å². The van der Waals surface area contributed by atoms with Crippen molar-refractivity contribution in [2.75, 3.05) is 13.7 Å². The van der Waals surface area contributed by atoms with Crippen molar-refractivity contribution in [3.8, 4) is 0 Å². The van der Waals surface area contributed by atoms with Crippen LogP contribution in [0.5, 0.6) is 0 Å². The number of likely N-dealkylation sites (N-methyl/N-ethyl adjacent to an activating group) is 1. The van der Waals surface area contributed by atoms with E-state index in [1.165, 1.54) is 7.05 Å². The zero-order valence-corrected chi connectivity index (χ0v) is 9.41. The van der Waals surface area contributed by atoms with Gasteiger partial charge in [0.2, 0.25) is 5.91 Å².